The van der Waals surface area contributed by atoms with E-state index < -0.39 is 5.97 Å². The largest absolute Gasteiger partial charge is 0.507 e. The van der Waals surface area contributed by atoms with Crippen LogP contribution in [0.2, 0.25) is 0 Å². The van der Waals surface area contributed by atoms with Crippen LogP contribution in [0.15, 0.2) is 24.3 Å². The standard InChI is InChI=1S/C15H28O.C14H30.C13H18O3/c16-15-13-11-9-7-5-3-1-2-4-6-8-10-12-14-15;1-3-5-7-9-11-13-14-12-10-8-6-4-2;1-2-3-4-7-10-16-13(15)11-8-5-6-9-12(11)14/h1-14H2;3-14H2,1-2H3;5-6,8-9,14H,2-4,7,10H2,1H3. The van der Waals surface area contributed by atoms with Gasteiger partial charge < -0.3 is 9.84 Å². The fraction of sp³-hybridized carbons (Fsp3) is 0.810. The predicted molar refractivity (Wildman–Crippen MR) is 199 cm³/mol. The van der Waals surface area contributed by atoms with E-state index in [0.29, 0.717) is 12.4 Å². The highest BCUT2D eigenvalue weighted by atomic mass is 16.5. The molecule has 0 spiro atoms. The number of Topliss-reactive ketones (excluding diaryl/α,β-unsaturated/α-hetero) is 1. The average molecular weight is 645 g/mol. The molecule has 2 rings (SSSR count). The molecule has 268 valence electrons. The van der Waals surface area contributed by atoms with Crippen molar-refractivity contribution in [1.29, 1.82) is 0 Å². The summed E-state index contributed by atoms with van der Waals surface area (Å²) in [5.74, 6) is 0.0329. The van der Waals surface area contributed by atoms with Gasteiger partial charge in [-0.25, -0.2) is 4.79 Å². The number of carbonyl (C=O) groups excluding carboxylic acids is 2. The number of para-hydroxylation sites is 1. The topological polar surface area (TPSA) is 63.6 Å². The molecule has 0 aliphatic heterocycles. The van der Waals surface area contributed by atoms with Gasteiger partial charge in [-0.1, -0.05) is 193 Å². The average Bonchev–Trinajstić information content (AvgIpc) is 3.07. The number of benzene rings is 1. The molecule has 0 atom stereocenters. The van der Waals surface area contributed by atoms with Gasteiger partial charge >= 0.3 is 5.97 Å². The first kappa shape index (κ1) is 44.2. The zero-order valence-corrected chi connectivity index (χ0v) is 30.9. The lowest BCUT2D eigenvalue weighted by atomic mass is 10.0. The number of hydrogen-bond donors (Lipinski definition) is 1. The van der Waals surface area contributed by atoms with Crippen molar-refractivity contribution in [3.63, 3.8) is 0 Å². The summed E-state index contributed by atoms with van der Waals surface area (Å²) in [4.78, 5) is 23.0. The van der Waals surface area contributed by atoms with Gasteiger partial charge in [-0.15, -0.1) is 0 Å². The number of aromatic hydroxyl groups is 1. The number of ketones is 1. The second-order valence-corrected chi connectivity index (χ2v) is 13.5. The van der Waals surface area contributed by atoms with Gasteiger partial charge in [0, 0.05) is 12.8 Å². The number of esters is 1. The van der Waals surface area contributed by atoms with Gasteiger partial charge in [-0.05, 0) is 31.4 Å². The van der Waals surface area contributed by atoms with Gasteiger partial charge in [0.1, 0.15) is 17.1 Å². The Kier molecular flexibility index (Phi) is 34.6. The number of rotatable bonds is 17. The van der Waals surface area contributed by atoms with Crippen molar-refractivity contribution >= 4 is 11.8 Å². The molecule has 4 heteroatoms. The maximum atomic E-state index is 11.5. The molecular weight excluding hydrogens is 568 g/mol. The van der Waals surface area contributed by atoms with E-state index in [1.807, 2.05) is 0 Å². The normalized spacial score (nSPS) is 14.9. The first-order valence-corrected chi connectivity index (χ1v) is 20.0. The summed E-state index contributed by atoms with van der Waals surface area (Å²) < 4.78 is 5.06. The second kappa shape index (κ2) is 36.0. The van der Waals surface area contributed by atoms with E-state index in [9.17, 15) is 14.7 Å². The summed E-state index contributed by atoms with van der Waals surface area (Å²) in [5, 5.41) is 9.42. The Morgan fingerprint density at radius 3 is 1.28 bits per heavy atom. The molecule has 1 aromatic carbocycles. The number of hydrogen-bond acceptors (Lipinski definition) is 4. The van der Waals surface area contributed by atoms with Crippen LogP contribution in [0.5, 0.6) is 5.75 Å². The lowest BCUT2D eigenvalue weighted by Crippen LogP contribution is -2.06. The predicted octanol–water partition coefficient (Wildman–Crippen LogP) is 13.9. The van der Waals surface area contributed by atoms with Crippen molar-refractivity contribution in [2.75, 3.05) is 6.61 Å². The molecule has 0 bridgehead atoms. The molecule has 0 radical (unpaired) electrons. The third kappa shape index (κ3) is 30.8. The van der Waals surface area contributed by atoms with Gasteiger partial charge in [0.15, 0.2) is 0 Å². The van der Waals surface area contributed by atoms with Crippen molar-refractivity contribution < 1.29 is 19.4 Å². The number of phenolic OH excluding ortho intramolecular Hbond substituents is 1. The fourth-order valence-corrected chi connectivity index (χ4v) is 5.87. The van der Waals surface area contributed by atoms with E-state index in [-0.39, 0.29) is 11.3 Å². The Morgan fingerprint density at radius 2 is 0.891 bits per heavy atom. The molecule has 4 nitrogen and oxygen atoms in total. The number of carbonyl (C=O) groups is 2. The highest BCUT2D eigenvalue weighted by Crippen LogP contribution is 2.17. The minimum absolute atomic E-state index is 0.0268. The summed E-state index contributed by atoms with van der Waals surface area (Å²) in [5.41, 5.74) is 0.234. The Bertz CT molecular complexity index is 760. The van der Waals surface area contributed by atoms with E-state index in [1.165, 1.54) is 147 Å². The molecule has 0 amide bonds. The van der Waals surface area contributed by atoms with E-state index >= 15 is 0 Å². The maximum Gasteiger partial charge on any atom is 0.341 e. The van der Waals surface area contributed by atoms with E-state index in [1.54, 1.807) is 18.2 Å². The molecule has 1 aromatic rings. The Labute approximate surface area is 286 Å². The summed E-state index contributed by atoms with van der Waals surface area (Å²) in [7, 11) is 0. The van der Waals surface area contributed by atoms with E-state index in [4.69, 9.17) is 4.74 Å². The fourth-order valence-electron chi connectivity index (χ4n) is 5.87. The summed E-state index contributed by atoms with van der Waals surface area (Å²) >= 11 is 0. The molecule has 1 aliphatic rings. The zero-order chi connectivity index (χ0) is 33.8. The monoisotopic (exact) mass is 645 g/mol. The number of ether oxygens (including phenoxy) is 1. The van der Waals surface area contributed by atoms with Crippen LogP contribution in [0.25, 0.3) is 0 Å². The quantitative estimate of drug-likeness (QED) is 0.135. The highest BCUT2D eigenvalue weighted by molar-refractivity contribution is 5.92. The van der Waals surface area contributed by atoms with Crippen molar-refractivity contribution in [3.8, 4) is 5.75 Å². The first-order chi connectivity index (χ1) is 22.6. The van der Waals surface area contributed by atoms with Crippen molar-refractivity contribution in [1.82, 2.24) is 0 Å². The summed E-state index contributed by atoms with van der Waals surface area (Å²) in [6.45, 7) is 7.13. The van der Waals surface area contributed by atoms with Crippen LogP contribution in [-0.2, 0) is 9.53 Å². The number of phenols is 1. The molecule has 1 N–H and O–H groups in total. The molecular formula is C42H76O4. The van der Waals surface area contributed by atoms with Gasteiger partial charge in [-0.3, -0.25) is 4.79 Å². The van der Waals surface area contributed by atoms with Crippen molar-refractivity contribution in [2.24, 2.45) is 0 Å². The smallest absolute Gasteiger partial charge is 0.341 e. The lowest BCUT2D eigenvalue weighted by Gasteiger charge is -2.05. The summed E-state index contributed by atoms with van der Waals surface area (Å²) in [6, 6.07) is 6.41. The third-order valence-corrected chi connectivity index (χ3v) is 8.97. The lowest BCUT2D eigenvalue weighted by molar-refractivity contribution is -0.119. The molecule has 0 unspecified atom stereocenters. The molecule has 0 aromatic heterocycles. The maximum absolute atomic E-state index is 11.5. The zero-order valence-electron chi connectivity index (χ0n) is 30.9. The van der Waals surface area contributed by atoms with Gasteiger partial charge in [0.2, 0.25) is 0 Å². The molecule has 46 heavy (non-hydrogen) atoms. The van der Waals surface area contributed by atoms with Crippen LogP contribution >= 0.6 is 0 Å². The van der Waals surface area contributed by atoms with Gasteiger partial charge in [0.25, 0.3) is 0 Å². The van der Waals surface area contributed by atoms with E-state index in [2.05, 4.69) is 20.8 Å². The Balaban J connectivity index is 0.000000663. The minimum Gasteiger partial charge on any atom is -0.507 e. The van der Waals surface area contributed by atoms with Crippen LogP contribution in [0.4, 0.5) is 0 Å². The van der Waals surface area contributed by atoms with Gasteiger partial charge in [0.05, 0.1) is 6.61 Å². The Morgan fingerprint density at radius 1 is 0.543 bits per heavy atom. The van der Waals surface area contributed by atoms with Crippen LogP contribution in [0.3, 0.4) is 0 Å². The first-order valence-electron chi connectivity index (χ1n) is 20.0. The Hall–Kier alpha value is -1.84. The van der Waals surface area contributed by atoms with Crippen molar-refractivity contribution in [3.05, 3.63) is 29.8 Å². The minimum atomic E-state index is -0.449. The highest BCUT2D eigenvalue weighted by Gasteiger charge is 2.10. The number of unbranched alkanes of at least 4 members (excludes halogenated alkanes) is 14. The van der Waals surface area contributed by atoms with Crippen LogP contribution < -0.4 is 0 Å². The SMILES string of the molecule is CCCCCCCCCCCCCC.CCCCCCOC(=O)c1ccccc1O.O=C1CCCCCCCCCCCCCC1. The summed E-state index contributed by atoms with van der Waals surface area (Å²) in [6.07, 6.45) is 39.3. The van der Waals surface area contributed by atoms with E-state index in [0.717, 1.165) is 51.4 Å². The van der Waals surface area contributed by atoms with Crippen LogP contribution in [0.1, 0.15) is 224 Å². The molecule has 1 fully saturated rings. The van der Waals surface area contributed by atoms with Crippen LogP contribution in [-0.4, -0.2) is 23.5 Å². The van der Waals surface area contributed by atoms with Crippen LogP contribution in [0, 0.1) is 0 Å². The molecule has 0 heterocycles. The third-order valence-electron chi connectivity index (χ3n) is 8.97. The molecule has 0 saturated heterocycles. The molecule has 1 aliphatic carbocycles. The molecule has 1 saturated carbocycles. The van der Waals surface area contributed by atoms with Crippen molar-refractivity contribution in [2.45, 2.75) is 213 Å². The second-order valence-electron chi connectivity index (χ2n) is 13.5. The van der Waals surface area contributed by atoms with Gasteiger partial charge in [-0.2, -0.15) is 0 Å².